The van der Waals surface area contributed by atoms with Crippen LogP contribution in [-0.4, -0.2) is 25.0 Å². The molecular weight excluding hydrogens is 236 g/mol. The van der Waals surface area contributed by atoms with Gasteiger partial charge in [-0.05, 0) is 45.1 Å². The highest BCUT2D eigenvalue weighted by atomic mass is 16.1. The molecule has 0 saturated heterocycles. The van der Waals surface area contributed by atoms with E-state index in [2.05, 4.69) is 31.4 Å². The standard InChI is InChI=1S/C16H32N2O/c1-4-6-7-14-8-10-15(11-9-14)16(19)18-12-13(3)17-5-2/h13-15,17H,4-12H2,1-3H3,(H,18,19)/t13-,14?,15?/m1/s1. The fourth-order valence-electron chi connectivity index (χ4n) is 3.02. The van der Waals surface area contributed by atoms with Crippen LogP contribution in [0.25, 0.3) is 0 Å². The molecule has 19 heavy (non-hydrogen) atoms. The molecule has 1 atom stereocenters. The van der Waals surface area contributed by atoms with Gasteiger partial charge in [0.1, 0.15) is 0 Å². The average molecular weight is 268 g/mol. The molecule has 0 aromatic rings. The Morgan fingerprint density at radius 3 is 2.47 bits per heavy atom. The van der Waals surface area contributed by atoms with E-state index < -0.39 is 0 Å². The Morgan fingerprint density at radius 1 is 1.21 bits per heavy atom. The number of hydrogen-bond donors (Lipinski definition) is 2. The fourth-order valence-corrected chi connectivity index (χ4v) is 3.02. The maximum absolute atomic E-state index is 12.1. The van der Waals surface area contributed by atoms with Gasteiger partial charge in [0.25, 0.3) is 0 Å². The van der Waals surface area contributed by atoms with Gasteiger partial charge >= 0.3 is 0 Å². The minimum absolute atomic E-state index is 0.270. The fraction of sp³-hybridized carbons (Fsp3) is 0.938. The number of amides is 1. The molecule has 0 bridgehead atoms. The number of hydrogen-bond acceptors (Lipinski definition) is 2. The van der Waals surface area contributed by atoms with E-state index in [1.807, 2.05) is 0 Å². The summed E-state index contributed by atoms with van der Waals surface area (Å²) in [5.74, 6) is 1.43. The number of carbonyl (C=O) groups excluding carboxylic acids is 1. The summed E-state index contributed by atoms with van der Waals surface area (Å²) in [4.78, 5) is 12.1. The van der Waals surface area contributed by atoms with E-state index in [0.29, 0.717) is 6.04 Å². The van der Waals surface area contributed by atoms with Crippen molar-refractivity contribution < 1.29 is 4.79 Å². The maximum atomic E-state index is 12.1. The molecule has 0 spiro atoms. The lowest BCUT2D eigenvalue weighted by atomic mass is 9.79. The van der Waals surface area contributed by atoms with Crippen LogP contribution in [0.2, 0.25) is 0 Å². The van der Waals surface area contributed by atoms with Gasteiger partial charge in [-0.25, -0.2) is 0 Å². The van der Waals surface area contributed by atoms with Crippen molar-refractivity contribution >= 4 is 5.91 Å². The van der Waals surface area contributed by atoms with Crippen molar-refractivity contribution in [2.75, 3.05) is 13.1 Å². The Bertz CT molecular complexity index is 247. The summed E-state index contributed by atoms with van der Waals surface area (Å²) in [6.07, 6.45) is 8.69. The summed E-state index contributed by atoms with van der Waals surface area (Å²) in [5.41, 5.74) is 0. The quantitative estimate of drug-likeness (QED) is 0.710. The lowest BCUT2D eigenvalue weighted by molar-refractivity contribution is -0.126. The molecule has 0 unspecified atom stereocenters. The number of likely N-dealkylation sites (N-methyl/N-ethyl adjacent to an activating group) is 1. The van der Waals surface area contributed by atoms with Gasteiger partial charge < -0.3 is 10.6 Å². The van der Waals surface area contributed by atoms with E-state index in [1.54, 1.807) is 0 Å². The predicted molar refractivity (Wildman–Crippen MR) is 81.1 cm³/mol. The number of carbonyl (C=O) groups is 1. The first-order valence-corrected chi connectivity index (χ1v) is 8.18. The lowest BCUT2D eigenvalue weighted by Gasteiger charge is -2.28. The summed E-state index contributed by atoms with van der Waals surface area (Å²) in [6.45, 7) is 8.17. The van der Waals surface area contributed by atoms with E-state index in [0.717, 1.165) is 31.8 Å². The monoisotopic (exact) mass is 268 g/mol. The van der Waals surface area contributed by atoms with Gasteiger partial charge in [0.15, 0.2) is 0 Å². The Balaban J connectivity index is 2.17. The van der Waals surface area contributed by atoms with Crippen molar-refractivity contribution in [2.24, 2.45) is 11.8 Å². The highest BCUT2D eigenvalue weighted by molar-refractivity contribution is 5.78. The number of nitrogens with one attached hydrogen (secondary N) is 2. The van der Waals surface area contributed by atoms with Crippen LogP contribution >= 0.6 is 0 Å². The van der Waals surface area contributed by atoms with Crippen LogP contribution in [0.3, 0.4) is 0 Å². The van der Waals surface area contributed by atoms with E-state index in [4.69, 9.17) is 0 Å². The molecule has 1 fully saturated rings. The van der Waals surface area contributed by atoms with Gasteiger partial charge in [0, 0.05) is 18.5 Å². The molecule has 3 heteroatoms. The van der Waals surface area contributed by atoms with Crippen molar-refractivity contribution in [2.45, 2.75) is 71.8 Å². The Hall–Kier alpha value is -0.570. The van der Waals surface area contributed by atoms with E-state index >= 15 is 0 Å². The molecule has 1 amide bonds. The van der Waals surface area contributed by atoms with Gasteiger partial charge in [-0.1, -0.05) is 33.1 Å². The van der Waals surface area contributed by atoms with Crippen LogP contribution in [-0.2, 0) is 4.79 Å². The summed E-state index contributed by atoms with van der Waals surface area (Å²) in [6, 6.07) is 0.370. The molecule has 0 radical (unpaired) electrons. The zero-order valence-electron chi connectivity index (χ0n) is 13.0. The largest absolute Gasteiger partial charge is 0.354 e. The van der Waals surface area contributed by atoms with Gasteiger partial charge in [0.2, 0.25) is 5.91 Å². The van der Waals surface area contributed by atoms with Crippen LogP contribution in [0.1, 0.15) is 65.7 Å². The van der Waals surface area contributed by atoms with Crippen LogP contribution in [0.5, 0.6) is 0 Å². The highest BCUT2D eigenvalue weighted by Crippen LogP contribution is 2.31. The molecule has 0 heterocycles. The number of unbranched alkanes of at least 4 members (excludes halogenated alkanes) is 1. The van der Waals surface area contributed by atoms with Crippen LogP contribution in [0.15, 0.2) is 0 Å². The van der Waals surface area contributed by atoms with Crippen molar-refractivity contribution in [3.63, 3.8) is 0 Å². The average Bonchev–Trinajstić information content (AvgIpc) is 2.43. The lowest BCUT2D eigenvalue weighted by Crippen LogP contribution is -2.41. The normalized spacial score (nSPS) is 25.0. The van der Waals surface area contributed by atoms with Crippen molar-refractivity contribution in [3.8, 4) is 0 Å². The zero-order valence-corrected chi connectivity index (χ0v) is 13.0. The van der Waals surface area contributed by atoms with E-state index in [9.17, 15) is 4.79 Å². The first-order valence-electron chi connectivity index (χ1n) is 8.18. The molecule has 0 aromatic heterocycles. The minimum Gasteiger partial charge on any atom is -0.354 e. The second-order valence-corrected chi connectivity index (χ2v) is 6.06. The van der Waals surface area contributed by atoms with Crippen molar-refractivity contribution in [1.29, 1.82) is 0 Å². The van der Waals surface area contributed by atoms with Gasteiger partial charge in [-0.15, -0.1) is 0 Å². The maximum Gasteiger partial charge on any atom is 0.223 e. The summed E-state index contributed by atoms with van der Waals surface area (Å²) in [7, 11) is 0. The van der Waals surface area contributed by atoms with Crippen LogP contribution < -0.4 is 10.6 Å². The smallest absolute Gasteiger partial charge is 0.223 e. The Morgan fingerprint density at radius 2 is 1.89 bits per heavy atom. The predicted octanol–water partition coefficient (Wildman–Crippen LogP) is 3.10. The molecule has 1 aliphatic rings. The van der Waals surface area contributed by atoms with Gasteiger partial charge in [-0.3, -0.25) is 4.79 Å². The molecular formula is C16H32N2O. The molecule has 1 rings (SSSR count). The highest BCUT2D eigenvalue weighted by Gasteiger charge is 2.25. The SMILES string of the molecule is CCCCC1CCC(C(=O)NC[C@@H](C)NCC)CC1. The van der Waals surface area contributed by atoms with Gasteiger partial charge in [-0.2, -0.15) is 0 Å². The summed E-state index contributed by atoms with van der Waals surface area (Å²) < 4.78 is 0. The molecule has 0 aliphatic heterocycles. The zero-order chi connectivity index (χ0) is 14.1. The summed E-state index contributed by atoms with van der Waals surface area (Å²) >= 11 is 0. The van der Waals surface area contributed by atoms with Crippen molar-refractivity contribution in [3.05, 3.63) is 0 Å². The third-order valence-corrected chi connectivity index (χ3v) is 4.32. The Kier molecular flexibility index (Phi) is 8.11. The third-order valence-electron chi connectivity index (χ3n) is 4.32. The molecule has 112 valence electrons. The second-order valence-electron chi connectivity index (χ2n) is 6.06. The third kappa shape index (κ3) is 6.42. The first-order chi connectivity index (χ1) is 9.17. The summed E-state index contributed by atoms with van der Waals surface area (Å²) in [5, 5.41) is 6.41. The topological polar surface area (TPSA) is 41.1 Å². The van der Waals surface area contributed by atoms with Crippen molar-refractivity contribution in [1.82, 2.24) is 10.6 Å². The number of rotatable bonds is 8. The molecule has 1 aliphatic carbocycles. The van der Waals surface area contributed by atoms with Crippen LogP contribution in [0, 0.1) is 11.8 Å². The van der Waals surface area contributed by atoms with E-state index in [1.165, 1.54) is 32.1 Å². The van der Waals surface area contributed by atoms with Crippen LogP contribution in [0.4, 0.5) is 0 Å². The molecule has 2 N–H and O–H groups in total. The van der Waals surface area contributed by atoms with E-state index in [-0.39, 0.29) is 11.8 Å². The second kappa shape index (κ2) is 9.35. The molecule has 1 saturated carbocycles. The minimum atomic E-state index is 0.270. The molecule has 0 aromatic carbocycles. The first kappa shape index (κ1) is 16.5. The van der Waals surface area contributed by atoms with Gasteiger partial charge in [0.05, 0.1) is 0 Å². The molecule has 3 nitrogen and oxygen atoms in total. The Labute approximate surface area is 118 Å².